The van der Waals surface area contributed by atoms with E-state index < -0.39 is 0 Å². The van der Waals surface area contributed by atoms with Gasteiger partial charge in [0.05, 0.1) is 0 Å². The molecule has 1 aromatic carbocycles. The van der Waals surface area contributed by atoms with Gasteiger partial charge in [-0.15, -0.1) is 0 Å². The van der Waals surface area contributed by atoms with Crippen molar-refractivity contribution >= 4 is 5.69 Å². The predicted molar refractivity (Wildman–Crippen MR) is 63.4 cm³/mol. The highest BCUT2D eigenvalue weighted by Crippen LogP contribution is 2.38. The van der Waals surface area contributed by atoms with Gasteiger partial charge in [-0.3, -0.25) is 0 Å². The van der Waals surface area contributed by atoms with Gasteiger partial charge in [-0.2, -0.15) is 0 Å². The third kappa shape index (κ3) is 1.36. The summed E-state index contributed by atoms with van der Waals surface area (Å²) in [5.74, 6) is 0.757. The number of nitrogens with zero attached hydrogens (tertiary/aromatic N) is 1. The maximum absolute atomic E-state index is 3.52. The first kappa shape index (κ1) is 9.22. The summed E-state index contributed by atoms with van der Waals surface area (Å²) in [6, 6.07) is 6.77. The minimum Gasteiger partial charge on any atom is -0.372 e. The molecule has 2 aliphatic rings. The molecule has 0 amide bonds. The van der Waals surface area contributed by atoms with Crippen LogP contribution < -0.4 is 10.2 Å². The molecule has 0 saturated heterocycles. The van der Waals surface area contributed by atoms with Crippen LogP contribution in [0.2, 0.25) is 0 Å². The van der Waals surface area contributed by atoms with E-state index in [1.54, 1.807) is 5.56 Å². The summed E-state index contributed by atoms with van der Waals surface area (Å²) < 4.78 is 0. The van der Waals surface area contributed by atoms with Gasteiger partial charge in [-0.25, -0.2) is 0 Å². The van der Waals surface area contributed by atoms with Crippen molar-refractivity contribution in [2.75, 3.05) is 24.5 Å². The zero-order valence-corrected chi connectivity index (χ0v) is 9.29. The molecule has 2 aliphatic heterocycles. The Balaban J connectivity index is 2.13. The van der Waals surface area contributed by atoms with E-state index in [4.69, 9.17) is 0 Å². The molecule has 1 N–H and O–H groups in total. The molecule has 3 rings (SSSR count). The fourth-order valence-electron chi connectivity index (χ4n) is 2.99. The molecule has 0 fully saturated rings. The van der Waals surface area contributed by atoms with E-state index in [1.807, 2.05) is 0 Å². The molecule has 0 radical (unpaired) electrons. The number of anilines is 1. The van der Waals surface area contributed by atoms with Crippen LogP contribution in [0.4, 0.5) is 5.69 Å². The molecule has 0 bridgehead atoms. The van der Waals surface area contributed by atoms with Gasteiger partial charge in [0, 0.05) is 37.8 Å². The smallest absolute Gasteiger partial charge is 0.0405 e. The Morgan fingerprint density at radius 2 is 2.40 bits per heavy atom. The molecule has 1 aromatic rings. The maximum Gasteiger partial charge on any atom is 0.0405 e. The second-order valence-corrected chi connectivity index (χ2v) is 4.55. The molecule has 2 nitrogen and oxygen atoms in total. The highest BCUT2D eigenvalue weighted by molar-refractivity contribution is 5.61. The Morgan fingerprint density at radius 3 is 3.27 bits per heavy atom. The SMILES string of the molecule is CCN1CCC2CNCc3cccc1c32. The average molecular weight is 202 g/mol. The van der Waals surface area contributed by atoms with E-state index in [-0.39, 0.29) is 0 Å². The van der Waals surface area contributed by atoms with Crippen LogP contribution in [0.1, 0.15) is 30.4 Å². The first-order chi connectivity index (χ1) is 7.40. The Labute approximate surface area is 91.3 Å². The van der Waals surface area contributed by atoms with Crippen LogP contribution in [0.25, 0.3) is 0 Å². The summed E-state index contributed by atoms with van der Waals surface area (Å²) in [7, 11) is 0. The number of hydrogen-bond donors (Lipinski definition) is 1. The third-order valence-corrected chi connectivity index (χ3v) is 3.76. The first-order valence-corrected chi connectivity index (χ1v) is 5.97. The van der Waals surface area contributed by atoms with Gasteiger partial charge in [0.25, 0.3) is 0 Å². The molecule has 2 heteroatoms. The van der Waals surface area contributed by atoms with E-state index >= 15 is 0 Å². The monoisotopic (exact) mass is 202 g/mol. The van der Waals surface area contributed by atoms with Crippen molar-refractivity contribution in [2.45, 2.75) is 25.8 Å². The van der Waals surface area contributed by atoms with Gasteiger partial charge >= 0.3 is 0 Å². The number of rotatable bonds is 1. The Bertz CT molecular complexity index is 373. The second kappa shape index (κ2) is 3.53. The maximum atomic E-state index is 3.52. The number of benzene rings is 1. The van der Waals surface area contributed by atoms with Crippen molar-refractivity contribution in [3.63, 3.8) is 0 Å². The zero-order valence-electron chi connectivity index (χ0n) is 9.29. The van der Waals surface area contributed by atoms with Crippen LogP contribution in [0, 0.1) is 0 Å². The minimum absolute atomic E-state index is 0.757. The third-order valence-electron chi connectivity index (χ3n) is 3.76. The molecular weight excluding hydrogens is 184 g/mol. The van der Waals surface area contributed by atoms with Gasteiger partial charge in [-0.05, 0) is 30.5 Å². The van der Waals surface area contributed by atoms with Gasteiger partial charge < -0.3 is 10.2 Å². The van der Waals surface area contributed by atoms with E-state index in [0.717, 1.165) is 19.0 Å². The fraction of sp³-hybridized carbons (Fsp3) is 0.538. The number of nitrogens with one attached hydrogen (secondary N) is 1. The predicted octanol–water partition coefficient (Wildman–Crippen LogP) is 2.10. The standard InChI is InChI=1S/C13H18N2/c1-2-15-7-6-11-9-14-8-10-4-3-5-12(15)13(10)11/h3-5,11,14H,2,6-9H2,1H3. The molecule has 2 heterocycles. The van der Waals surface area contributed by atoms with Crippen LogP contribution in [0.5, 0.6) is 0 Å². The first-order valence-electron chi connectivity index (χ1n) is 5.97. The van der Waals surface area contributed by atoms with Crippen molar-refractivity contribution in [3.05, 3.63) is 29.3 Å². The Morgan fingerprint density at radius 1 is 1.47 bits per heavy atom. The van der Waals surface area contributed by atoms with Crippen LogP contribution in [-0.2, 0) is 6.54 Å². The van der Waals surface area contributed by atoms with Crippen molar-refractivity contribution in [1.29, 1.82) is 0 Å². The van der Waals surface area contributed by atoms with Crippen LogP contribution in [-0.4, -0.2) is 19.6 Å². The molecule has 0 aromatic heterocycles. The highest BCUT2D eigenvalue weighted by atomic mass is 15.1. The summed E-state index contributed by atoms with van der Waals surface area (Å²) in [4.78, 5) is 2.51. The summed E-state index contributed by atoms with van der Waals surface area (Å²) >= 11 is 0. The van der Waals surface area contributed by atoms with Gasteiger partial charge in [0.1, 0.15) is 0 Å². The van der Waals surface area contributed by atoms with Crippen LogP contribution in [0.15, 0.2) is 18.2 Å². The molecule has 80 valence electrons. The summed E-state index contributed by atoms with van der Waals surface area (Å²) in [6.45, 7) is 6.83. The molecule has 0 aliphatic carbocycles. The van der Waals surface area contributed by atoms with Crippen molar-refractivity contribution in [2.24, 2.45) is 0 Å². The van der Waals surface area contributed by atoms with Crippen LogP contribution in [0.3, 0.4) is 0 Å². The minimum atomic E-state index is 0.757. The Hall–Kier alpha value is -1.02. The molecule has 0 saturated carbocycles. The van der Waals surface area contributed by atoms with Crippen molar-refractivity contribution < 1.29 is 0 Å². The van der Waals surface area contributed by atoms with Gasteiger partial charge in [0.2, 0.25) is 0 Å². The molecule has 15 heavy (non-hydrogen) atoms. The Kier molecular flexibility index (Phi) is 2.17. The topological polar surface area (TPSA) is 15.3 Å². The lowest BCUT2D eigenvalue weighted by Gasteiger charge is -2.39. The van der Waals surface area contributed by atoms with E-state index in [2.05, 4.69) is 35.3 Å². The van der Waals surface area contributed by atoms with E-state index in [9.17, 15) is 0 Å². The van der Waals surface area contributed by atoms with Gasteiger partial charge in [0.15, 0.2) is 0 Å². The molecule has 1 unspecified atom stereocenters. The lowest BCUT2D eigenvalue weighted by atomic mass is 9.84. The summed E-state index contributed by atoms with van der Waals surface area (Å²) in [6.07, 6.45) is 1.31. The van der Waals surface area contributed by atoms with Gasteiger partial charge in [-0.1, -0.05) is 12.1 Å². The second-order valence-electron chi connectivity index (χ2n) is 4.55. The van der Waals surface area contributed by atoms with Crippen molar-refractivity contribution in [3.8, 4) is 0 Å². The fourth-order valence-corrected chi connectivity index (χ4v) is 2.99. The molecular formula is C13H18N2. The van der Waals surface area contributed by atoms with Crippen LogP contribution >= 0.6 is 0 Å². The normalized spacial score (nSPS) is 23.8. The lowest BCUT2D eigenvalue weighted by Crippen LogP contribution is -2.38. The number of hydrogen-bond acceptors (Lipinski definition) is 2. The zero-order chi connectivity index (χ0) is 10.3. The lowest BCUT2D eigenvalue weighted by molar-refractivity contribution is 0.493. The quantitative estimate of drug-likeness (QED) is 0.750. The average Bonchev–Trinajstić information content (AvgIpc) is 2.30. The summed E-state index contributed by atoms with van der Waals surface area (Å²) in [5, 5.41) is 3.52. The van der Waals surface area contributed by atoms with Crippen molar-refractivity contribution in [1.82, 2.24) is 5.32 Å². The molecule has 0 spiro atoms. The highest BCUT2D eigenvalue weighted by Gasteiger charge is 2.28. The van der Waals surface area contributed by atoms with E-state index in [0.29, 0.717) is 0 Å². The van der Waals surface area contributed by atoms with E-state index in [1.165, 1.54) is 30.8 Å². The molecule has 1 atom stereocenters. The summed E-state index contributed by atoms with van der Waals surface area (Å²) in [5.41, 5.74) is 4.64. The largest absolute Gasteiger partial charge is 0.372 e.